The van der Waals surface area contributed by atoms with Crippen LogP contribution in [-0.2, 0) is 40.3 Å². The molecule has 1 aromatic heterocycles. The fourth-order valence-electron chi connectivity index (χ4n) is 6.03. The summed E-state index contributed by atoms with van der Waals surface area (Å²) in [5.74, 6) is -3.09. The van der Waals surface area contributed by atoms with Gasteiger partial charge >= 0.3 is 16.4 Å². The number of nitrogens with one attached hydrogen (secondary N) is 3. The number of benzene rings is 1. The number of nitrogens with zero attached hydrogens (tertiary/aromatic N) is 3. The molecule has 1 unspecified atom stereocenters. The molecule has 278 valence electrons. The van der Waals surface area contributed by atoms with Crippen LogP contribution in [0, 0.1) is 5.41 Å². The summed E-state index contributed by atoms with van der Waals surface area (Å²) in [5, 5.41) is 49.0. The number of carbonyl (C=O) groups excluding carboxylic acids is 2. The Labute approximate surface area is 295 Å². The normalized spacial score (nSPS) is 25.9. The van der Waals surface area contributed by atoms with Crippen molar-refractivity contribution in [2.24, 2.45) is 10.9 Å². The molecule has 22 heteroatoms. The fourth-order valence-corrected chi connectivity index (χ4v) is 7.03. The summed E-state index contributed by atoms with van der Waals surface area (Å²) in [4.78, 5) is 48.3. The molecule has 0 radical (unpaired) electrons. The second-order valence-electron chi connectivity index (χ2n) is 13.2. The molecule has 4 atom stereocenters. The van der Waals surface area contributed by atoms with Gasteiger partial charge in [0.15, 0.2) is 16.9 Å². The number of carboxylic acid groups (broad SMARTS) is 1. The van der Waals surface area contributed by atoms with Crippen molar-refractivity contribution >= 4 is 56.2 Å². The topological polar surface area (TPSA) is 322 Å². The zero-order valence-electron chi connectivity index (χ0n) is 27.5. The molecular weight excluding hydrogens is 716 g/mol. The third kappa shape index (κ3) is 7.47. The summed E-state index contributed by atoms with van der Waals surface area (Å²) >= 11 is 0.944. The van der Waals surface area contributed by atoms with Crippen LogP contribution in [0.5, 0.6) is 5.75 Å². The van der Waals surface area contributed by atoms with E-state index < -0.39 is 75.4 Å². The number of carboxylic acids is 1. The number of thiazole rings is 1. The predicted octanol–water partition coefficient (Wildman–Crippen LogP) is -1.35. The minimum Gasteiger partial charge on any atom is -0.485 e. The van der Waals surface area contributed by atoms with Gasteiger partial charge in [-0.2, -0.15) is 13.5 Å². The van der Waals surface area contributed by atoms with Crippen LogP contribution >= 0.6 is 11.3 Å². The van der Waals surface area contributed by atoms with Crippen molar-refractivity contribution in [1.29, 1.82) is 5.41 Å². The molecule has 20 nitrogen and oxygen atoms in total. The van der Waals surface area contributed by atoms with Crippen LogP contribution in [0.15, 0.2) is 28.7 Å². The van der Waals surface area contributed by atoms with E-state index in [0.717, 1.165) is 11.3 Å². The number of aryl methyl sites for hydroxylation is 1. The van der Waals surface area contributed by atoms with Gasteiger partial charge in [0.05, 0.1) is 18.2 Å². The minimum absolute atomic E-state index is 0.0369. The zero-order chi connectivity index (χ0) is 37.7. The van der Waals surface area contributed by atoms with E-state index in [-0.39, 0.29) is 29.1 Å². The molecule has 5 rings (SSSR count). The standard InChI is InChI=1S/C29H38N8O12S2/c1-27(2)21(24(41)37(27)49-51(44,45)46)35-23(40)20(16-12-50-26(31)34-16)36-48-28(3,25(42)43)19-7-5-13-8-14(4-6-17(13)47-19)22(30)33-15-9-29(32,10-15)18(39)11-38/h4,6,8,12,15,18-19,21,38-39H,5,7,9-11,32H2,1-3H3,(H2,30,33)(H2,31,34)(H,35,40)(H,42,43)(H,44,45,46)/b36-20-/t15-,18?,19-,21-,28+,29-/m1/s1. The quantitative estimate of drug-likeness (QED) is 0.0375. The first-order valence-electron chi connectivity index (χ1n) is 15.4. The second kappa shape index (κ2) is 13.6. The van der Waals surface area contributed by atoms with Crippen LogP contribution in [0.25, 0.3) is 0 Å². The van der Waals surface area contributed by atoms with Crippen LogP contribution in [0.4, 0.5) is 5.13 Å². The molecule has 1 aromatic carbocycles. The number of aromatic nitrogens is 1. The molecule has 1 saturated heterocycles. The van der Waals surface area contributed by atoms with E-state index in [0.29, 0.717) is 41.2 Å². The zero-order valence-corrected chi connectivity index (χ0v) is 29.2. The number of amidine groups is 1. The highest BCUT2D eigenvalue weighted by atomic mass is 32.3. The van der Waals surface area contributed by atoms with Crippen LogP contribution in [0.2, 0.25) is 0 Å². The lowest BCUT2D eigenvalue weighted by Gasteiger charge is -2.50. The van der Waals surface area contributed by atoms with Gasteiger partial charge in [0.2, 0.25) is 0 Å². The highest BCUT2D eigenvalue weighted by molar-refractivity contribution is 7.80. The Hall–Kier alpha value is -4.45. The first-order valence-corrected chi connectivity index (χ1v) is 17.7. The van der Waals surface area contributed by atoms with Gasteiger partial charge in [0.25, 0.3) is 17.4 Å². The van der Waals surface area contributed by atoms with E-state index in [1.54, 1.807) is 18.2 Å². The molecule has 3 aliphatic rings. The number of aliphatic hydroxyl groups is 2. The SMILES string of the molecule is CC1(C)[C@H](NC(=O)/C(=N\O[C@](C)(C(=O)O)[C@H]2CCc3cc(C(=N)N[C@H]4C[C@@](N)(C(O)CO)C4)ccc3O2)c2csc(N)n2)C(=O)N1OS(=O)(=O)O. The average molecular weight is 755 g/mol. The first kappa shape index (κ1) is 37.8. The number of rotatable bonds is 13. The van der Waals surface area contributed by atoms with E-state index in [2.05, 4.69) is 25.1 Å². The third-order valence-corrected chi connectivity index (χ3v) is 10.2. The van der Waals surface area contributed by atoms with E-state index in [9.17, 15) is 38.1 Å². The Balaban J connectivity index is 1.30. The van der Waals surface area contributed by atoms with Crippen LogP contribution < -0.4 is 26.8 Å². The van der Waals surface area contributed by atoms with Gasteiger partial charge in [-0.05, 0) is 70.2 Å². The maximum Gasteiger partial charge on any atom is 0.418 e. The summed E-state index contributed by atoms with van der Waals surface area (Å²) in [6.45, 7) is 3.46. The number of hydrogen-bond donors (Lipinski definition) is 9. The van der Waals surface area contributed by atoms with Crippen molar-refractivity contribution < 1.29 is 56.5 Å². The van der Waals surface area contributed by atoms with Gasteiger partial charge in [0, 0.05) is 22.5 Å². The highest BCUT2D eigenvalue weighted by Gasteiger charge is 2.58. The number of nitrogen functional groups attached to an aromatic ring is 1. The van der Waals surface area contributed by atoms with E-state index in [1.807, 2.05) is 0 Å². The minimum atomic E-state index is -5.05. The maximum atomic E-state index is 13.5. The van der Waals surface area contributed by atoms with E-state index in [1.165, 1.54) is 26.2 Å². The maximum absolute atomic E-state index is 13.5. The van der Waals surface area contributed by atoms with E-state index >= 15 is 0 Å². The number of aliphatic carboxylic acids is 1. The van der Waals surface area contributed by atoms with Crippen molar-refractivity contribution in [3.8, 4) is 5.75 Å². The van der Waals surface area contributed by atoms with E-state index in [4.69, 9.17) is 31.0 Å². The van der Waals surface area contributed by atoms with Gasteiger partial charge < -0.3 is 47.0 Å². The number of hydrogen-bond acceptors (Lipinski definition) is 16. The molecule has 11 N–H and O–H groups in total. The number of ether oxygens (including phenoxy) is 1. The lowest BCUT2D eigenvalue weighted by atomic mass is 9.70. The molecule has 3 heterocycles. The Morgan fingerprint density at radius 2 is 2.00 bits per heavy atom. The number of nitrogens with two attached hydrogens (primary N) is 2. The van der Waals surface area contributed by atoms with Gasteiger partial charge in [0.1, 0.15) is 23.3 Å². The van der Waals surface area contributed by atoms with Crippen molar-refractivity contribution in [2.75, 3.05) is 12.3 Å². The molecule has 1 aliphatic carbocycles. The molecule has 2 fully saturated rings. The number of amides is 2. The molecule has 2 aliphatic heterocycles. The molecule has 51 heavy (non-hydrogen) atoms. The number of fused-ring (bicyclic) bond motifs is 1. The van der Waals surface area contributed by atoms with Crippen molar-refractivity contribution in [3.05, 3.63) is 40.4 Å². The number of aliphatic hydroxyl groups excluding tert-OH is 2. The Morgan fingerprint density at radius 1 is 1.31 bits per heavy atom. The molecular formula is C29H38N8O12S2. The number of carbonyl (C=O) groups is 3. The monoisotopic (exact) mass is 754 g/mol. The largest absolute Gasteiger partial charge is 0.485 e. The lowest BCUT2D eigenvalue weighted by molar-refractivity contribution is -0.218. The first-order chi connectivity index (χ1) is 23.7. The number of β-lactam (4-membered cyclic amide) rings is 1. The molecule has 0 bridgehead atoms. The Morgan fingerprint density at radius 3 is 2.57 bits per heavy atom. The van der Waals surface area contributed by atoms with Gasteiger partial charge in [-0.25, -0.2) is 9.78 Å². The van der Waals surface area contributed by atoms with Crippen LogP contribution in [0.3, 0.4) is 0 Å². The number of oxime groups is 1. The van der Waals surface area contributed by atoms with Gasteiger partial charge in [-0.15, -0.1) is 15.6 Å². The number of anilines is 1. The summed E-state index contributed by atoms with van der Waals surface area (Å²) in [5.41, 5.74) is 7.87. The molecule has 0 spiro atoms. The highest BCUT2D eigenvalue weighted by Crippen LogP contribution is 2.36. The molecule has 2 aromatic rings. The Kier molecular flexibility index (Phi) is 10.1. The van der Waals surface area contributed by atoms with Crippen molar-refractivity contribution in [2.45, 2.75) is 87.4 Å². The fraction of sp³-hybridized carbons (Fsp3) is 0.517. The van der Waals surface area contributed by atoms with Gasteiger partial charge in [-0.3, -0.25) is 19.6 Å². The summed E-state index contributed by atoms with van der Waals surface area (Å²) in [7, 11) is -5.05. The summed E-state index contributed by atoms with van der Waals surface area (Å²) in [6.07, 6.45) is -0.996. The van der Waals surface area contributed by atoms with Gasteiger partial charge in [-0.1, -0.05) is 5.16 Å². The predicted molar refractivity (Wildman–Crippen MR) is 178 cm³/mol. The lowest BCUT2D eigenvalue weighted by Crippen LogP contribution is -2.76. The van der Waals surface area contributed by atoms with Crippen LogP contribution in [-0.4, -0.2) is 115 Å². The molecule has 1 saturated carbocycles. The van der Waals surface area contributed by atoms with Crippen molar-refractivity contribution in [1.82, 2.24) is 20.7 Å². The number of hydroxylamine groups is 2. The smallest absolute Gasteiger partial charge is 0.418 e. The van der Waals surface area contributed by atoms with Crippen LogP contribution in [0.1, 0.15) is 56.9 Å². The van der Waals surface area contributed by atoms with Crippen molar-refractivity contribution in [3.63, 3.8) is 0 Å². The Bertz CT molecular complexity index is 1880. The third-order valence-electron chi connectivity index (χ3n) is 9.20. The summed E-state index contributed by atoms with van der Waals surface area (Å²) < 4.78 is 41.7. The second-order valence-corrected chi connectivity index (χ2v) is 15.1. The summed E-state index contributed by atoms with van der Waals surface area (Å²) in [6, 6.07) is 3.41. The average Bonchev–Trinajstić information content (AvgIpc) is 3.48. The molecule has 2 amide bonds.